The van der Waals surface area contributed by atoms with Gasteiger partial charge in [0.05, 0.1) is 0 Å². The topological polar surface area (TPSA) is 0 Å². The van der Waals surface area contributed by atoms with E-state index in [9.17, 15) is 0 Å². The summed E-state index contributed by atoms with van der Waals surface area (Å²) in [4.78, 5) is 0. The van der Waals surface area contributed by atoms with Crippen molar-refractivity contribution >= 4 is 47.7 Å². The second kappa shape index (κ2) is 18.8. The van der Waals surface area contributed by atoms with Gasteiger partial charge in [0.2, 0.25) is 0 Å². The Hall–Kier alpha value is -3.59. The first-order valence-corrected chi connectivity index (χ1v) is 16.3. The van der Waals surface area contributed by atoms with Gasteiger partial charge in [0.25, 0.3) is 0 Å². The number of rotatable bonds is 6. The van der Waals surface area contributed by atoms with Crippen LogP contribution in [0.25, 0.3) is 0 Å². The summed E-state index contributed by atoms with van der Waals surface area (Å²) in [5.74, 6) is 0. The molecular weight excluding hydrogens is 633 g/mol. The minimum Gasteiger partial charge on any atom is -0.245 e. The van der Waals surface area contributed by atoms with Gasteiger partial charge in [-0.25, -0.2) is 19.6 Å². The van der Waals surface area contributed by atoms with Crippen molar-refractivity contribution in [3.8, 4) is 0 Å². The third kappa shape index (κ3) is 9.76. The van der Waals surface area contributed by atoms with E-state index in [1.54, 1.807) is 0 Å². The molecule has 0 amide bonds. The van der Waals surface area contributed by atoms with Gasteiger partial charge in [-0.2, -0.15) is 0 Å². The fraction of sp³-hybridized carbons (Fsp3) is 0. The summed E-state index contributed by atoms with van der Waals surface area (Å²) in [6.45, 7) is 6.50. The summed E-state index contributed by atoms with van der Waals surface area (Å²) in [6.07, 6.45) is 1.50. The van der Waals surface area contributed by atoms with E-state index in [0.717, 1.165) is 0 Å². The molecule has 6 rings (SSSR count). The van der Waals surface area contributed by atoms with Crippen LogP contribution in [0, 0.1) is 6.92 Å². The molecular formula is C39H35P2Rh-. The van der Waals surface area contributed by atoms with Crippen molar-refractivity contribution in [2.45, 2.75) is 0 Å². The Kier molecular flexibility index (Phi) is 14.7. The Labute approximate surface area is 267 Å². The molecule has 0 fully saturated rings. The van der Waals surface area contributed by atoms with E-state index in [1.807, 2.05) is 0 Å². The van der Waals surface area contributed by atoms with E-state index in [0.29, 0.717) is 0 Å². The molecule has 0 aromatic heterocycles. The van der Waals surface area contributed by atoms with Gasteiger partial charge in [-0.05, 0) is 47.7 Å². The minimum atomic E-state index is -0.446. The minimum absolute atomic E-state index is 0. The van der Waals surface area contributed by atoms with E-state index in [2.05, 4.69) is 195 Å². The number of allylic oxidation sites excluding steroid dienone is 1. The maximum absolute atomic E-state index is 3.25. The molecule has 0 saturated carbocycles. The van der Waals surface area contributed by atoms with Crippen LogP contribution in [0.15, 0.2) is 195 Å². The normalized spacial score (nSPS) is 9.86. The van der Waals surface area contributed by atoms with Crippen LogP contribution < -0.4 is 31.8 Å². The summed E-state index contributed by atoms with van der Waals surface area (Å²) >= 11 is 0. The Bertz CT molecular complexity index is 1220. The van der Waals surface area contributed by atoms with Crippen molar-refractivity contribution in [2.24, 2.45) is 0 Å². The van der Waals surface area contributed by atoms with E-state index in [-0.39, 0.29) is 19.5 Å². The molecule has 3 heteroatoms. The van der Waals surface area contributed by atoms with Crippen LogP contribution in [-0.2, 0) is 19.5 Å². The molecule has 6 aromatic rings. The fourth-order valence-electron chi connectivity index (χ4n) is 4.36. The third-order valence-corrected chi connectivity index (χ3v) is 11.0. The van der Waals surface area contributed by atoms with E-state index < -0.39 is 15.8 Å². The van der Waals surface area contributed by atoms with E-state index in [1.165, 1.54) is 37.9 Å². The van der Waals surface area contributed by atoms with Gasteiger partial charge in [-0.15, -0.1) is 0 Å². The van der Waals surface area contributed by atoms with Crippen molar-refractivity contribution < 1.29 is 19.5 Å². The average molecular weight is 669 g/mol. The van der Waals surface area contributed by atoms with Gasteiger partial charge in [-0.3, -0.25) is 0 Å². The molecule has 0 aliphatic carbocycles. The molecule has 0 N–H and O–H groups in total. The Balaban J connectivity index is 0.000000207. The predicted octanol–water partition coefficient (Wildman–Crippen LogP) is 7.89. The zero-order valence-electron chi connectivity index (χ0n) is 23.5. The molecule has 0 aliphatic heterocycles. The summed E-state index contributed by atoms with van der Waals surface area (Å²) in [6, 6.07) is 64.7. The molecule has 0 atom stereocenters. The first-order valence-electron chi connectivity index (χ1n) is 13.6. The number of hydrogen-bond acceptors (Lipinski definition) is 0. The molecule has 0 heterocycles. The molecule has 0 aliphatic rings. The molecule has 0 nitrogen and oxygen atoms in total. The molecule has 0 bridgehead atoms. The molecule has 0 saturated heterocycles. The molecule has 211 valence electrons. The second-order valence-electron chi connectivity index (χ2n) is 8.97. The van der Waals surface area contributed by atoms with Crippen LogP contribution in [0.3, 0.4) is 0 Å². The first-order chi connectivity index (χ1) is 20.3. The molecule has 0 unspecified atom stereocenters. The SMILES string of the molecule is C=C[CH2-].[Rh].c1ccc(P(c2ccccc2)c2ccccc2)cc1.c1ccc(P(c2ccccc2)c2ccccc2)cc1. The van der Waals surface area contributed by atoms with Gasteiger partial charge in [-0.1, -0.05) is 182 Å². The van der Waals surface area contributed by atoms with Crippen molar-refractivity contribution in [2.75, 3.05) is 0 Å². The number of hydrogen-bond donors (Lipinski definition) is 0. The van der Waals surface area contributed by atoms with Crippen LogP contribution in [0.2, 0.25) is 0 Å². The van der Waals surface area contributed by atoms with Crippen LogP contribution in [-0.4, -0.2) is 0 Å². The first kappa shape index (κ1) is 32.9. The summed E-state index contributed by atoms with van der Waals surface area (Å²) in [7, 11) is -0.892. The predicted molar refractivity (Wildman–Crippen MR) is 186 cm³/mol. The smallest absolute Gasteiger partial charge is 0 e. The zero-order valence-corrected chi connectivity index (χ0v) is 27.0. The zero-order chi connectivity index (χ0) is 28.5. The summed E-state index contributed by atoms with van der Waals surface area (Å²) in [5.41, 5.74) is 0. The molecule has 0 spiro atoms. The van der Waals surface area contributed by atoms with Crippen LogP contribution in [0.1, 0.15) is 0 Å². The third-order valence-electron chi connectivity index (χ3n) is 6.09. The van der Waals surface area contributed by atoms with Crippen LogP contribution in [0.5, 0.6) is 0 Å². The quantitative estimate of drug-likeness (QED) is 0.0963. The van der Waals surface area contributed by atoms with E-state index in [4.69, 9.17) is 0 Å². The Morgan fingerprint density at radius 2 is 0.452 bits per heavy atom. The van der Waals surface area contributed by atoms with Crippen LogP contribution >= 0.6 is 15.8 Å². The second-order valence-corrected chi connectivity index (χ2v) is 13.4. The average Bonchev–Trinajstić information content (AvgIpc) is 3.05. The standard InChI is InChI=1S/2C18H15P.C3H5.Rh/c2*1-4-10-16(11-5-1)19(17-12-6-2-7-13-17)18-14-8-3-9-15-18;1-3-2;/h2*1-15H;3H,1-2H2;/q;;-1;. The van der Waals surface area contributed by atoms with Gasteiger partial charge >= 0.3 is 0 Å². The number of benzene rings is 6. The van der Waals surface area contributed by atoms with Gasteiger partial charge in [0, 0.05) is 19.5 Å². The molecule has 6 aromatic carbocycles. The van der Waals surface area contributed by atoms with Gasteiger partial charge in [0.1, 0.15) is 0 Å². The summed E-state index contributed by atoms with van der Waals surface area (Å²) in [5, 5.41) is 8.39. The largest absolute Gasteiger partial charge is 0.245 e. The Morgan fingerprint density at radius 1 is 0.333 bits per heavy atom. The summed E-state index contributed by atoms with van der Waals surface area (Å²) < 4.78 is 0. The monoisotopic (exact) mass is 668 g/mol. The van der Waals surface area contributed by atoms with Crippen molar-refractivity contribution in [1.29, 1.82) is 0 Å². The molecule has 1 radical (unpaired) electrons. The van der Waals surface area contributed by atoms with Gasteiger partial charge in [0.15, 0.2) is 0 Å². The fourth-order valence-corrected chi connectivity index (χ4v) is 8.97. The van der Waals surface area contributed by atoms with E-state index >= 15 is 0 Å². The van der Waals surface area contributed by atoms with Crippen molar-refractivity contribution in [3.63, 3.8) is 0 Å². The van der Waals surface area contributed by atoms with Crippen molar-refractivity contribution in [1.82, 2.24) is 0 Å². The molecule has 42 heavy (non-hydrogen) atoms. The van der Waals surface area contributed by atoms with Crippen molar-refractivity contribution in [3.05, 3.63) is 202 Å². The maximum Gasteiger partial charge on any atom is 0 e. The maximum atomic E-state index is 3.25. The van der Waals surface area contributed by atoms with Gasteiger partial charge < -0.3 is 0 Å². The van der Waals surface area contributed by atoms with Crippen LogP contribution in [0.4, 0.5) is 0 Å². The Morgan fingerprint density at radius 3 is 0.571 bits per heavy atom.